The number of aromatic nitrogens is 1. The third-order valence-electron chi connectivity index (χ3n) is 2.79. The molecule has 1 aromatic heterocycles. The van der Waals surface area contributed by atoms with E-state index in [9.17, 15) is 0 Å². The molecule has 0 amide bonds. The highest BCUT2D eigenvalue weighted by Gasteiger charge is 2.09. The van der Waals surface area contributed by atoms with Crippen LogP contribution in [0.3, 0.4) is 0 Å². The second-order valence-corrected chi connectivity index (χ2v) is 4.16. The van der Waals surface area contributed by atoms with Crippen LogP contribution in [0.2, 0.25) is 0 Å². The largest absolute Gasteiger partial charge is 0.436 e. The molecule has 1 heterocycles. The van der Waals surface area contributed by atoms with Crippen molar-refractivity contribution in [3.63, 3.8) is 0 Å². The molecule has 0 saturated carbocycles. The van der Waals surface area contributed by atoms with Crippen LogP contribution in [0.4, 0.5) is 5.69 Å². The maximum absolute atomic E-state index is 5.83. The van der Waals surface area contributed by atoms with Crippen molar-refractivity contribution in [1.82, 2.24) is 4.98 Å². The first-order valence-corrected chi connectivity index (χ1v) is 5.53. The van der Waals surface area contributed by atoms with Gasteiger partial charge < -0.3 is 15.9 Å². The van der Waals surface area contributed by atoms with Crippen LogP contribution in [0.1, 0.15) is 6.42 Å². The van der Waals surface area contributed by atoms with Crippen molar-refractivity contribution in [3.8, 4) is 11.5 Å². The van der Waals surface area contributed by atoms with Gasteiger partial charge in [-0.05, 0) is 42.8 Å². The number of rotatable bonds is 1. The topological polar surface area (TPSA) is 78.1 Å². The first kappa shape index (κ1) is 10.1. The zero-order valence-corrected chi connectivity index (χ0v) is 9.26. The highest BCUT2D eigenvalue weighted by molar-refractivity contribution is 5.57. The maximum atomic E-state index is 5.83. The Bertz CT molecular complexity index is 655. The summed E-state index contributed by atoms with van der Waals surface area (Å²) in [7, 11) is 0. The number of nitrogens with two attached hydrogens (primary N) is 2. The normalized spacial score (nSPS) is 18.1. The molecule has 0 saturated heterocycles. The molecule has 1 aliphatic carbocycles. The van der Waals surface area contributed by atoms with Gasteiger partial charge in [0.2, 0.25) is 5.89 Å². The molecule has 86 valence electrons. The van der Waals surface area contributed by atoms with Crippen LogP contribution in [0.5, 0.6) is 0 Å². The van der Waals surface area contributed by atoms with E-state index < -0.39 is 0 Å². The van der Waals surface area contributed by atoms with Crippen LogP contribution in [-0.4, -0.2) is 11.0 Å². The van der Waals surface area contributed by atoms with Gasteiger partial charge in [0.1, 0.15) is 5.35 Å². The van der Waals surface area contributed by atoms with Crippen LogP contribution in [0, 0.1) is 0 Å². The molecule has 4 N–H and O–H groups in total. The lowest BCUT2D eigenvalue weighted by atomic mass is 10.1. The zero-order chi connectivity index (χ0) is 11.8. The van der Waals surface area contributed by atoms with E-state index >= 15 is 0 Å². The molecule has 1 atom stereocenters. The van der Waals surface area contributed by atoms with Crippen molar-refractivity contribution in [3.05, 3.63) is 35.0 Å². The number of fused-ring (bicyclic) bond motifs is 1. The molecule has 17 heavy (non-hydrogen) atoms. The fourth-order valence-corrected chi connectivity index (χ4v) is 1.87. The number of benzene rings is 1. The lowest BCUT2D eigenvalue weighted by Crippen LogP contribution is -2.32. The Labute approximate surface area is 98.3 Å². The molecule has 3 rings (SSSR count). The number of nitrogen functional groups attached to an aromatic ring is 1. The van der Waals surface area contributed by atoms with Crippen LogP contribution < -0.4 is 22.2 Å². The van der Waals surface area contributed by atoms with Gasteiger partial charge in [-0.15, -0.1) is 0 Å². The lowest BCUT2D eigenvalue weighted by molar-refractivity contribution is 0.536. The molecule has 2 aromatic rings. The highest BCUT2D eigenvalue weighted by atomic mass is 16.3. The second kappa shape index (κ2) is 3.75. The van der Waals surface area contributed by atoms with Crippen molar-refractivity contribution in [2.45, 2.75) is 12.5 Å². The summed E-state index contributed by atoms with van der Waals surface area (Å²) in [5.74, 6) is 0.608. The molecule has 4 heteroatoms. The van der Waals surface area contributed by atoms with Gasteiger partial charge in [0.05, 0.1) is 0 Å². The average Bonchev–Trinajstić information content (AvgIpc) is 2.72. The van der Waals surface area contributed by atoms with E-state index in [1.54, 1.807) is 0 Å². The summed E-state index contributed by atoms with van der Waals surface area (Å²) in [4.78, 5) is 4.43. The number of oxazole rings is 1. The van der Waals surface area contributed by atoms with Crippen molar-refractivity contribution >= 4 is 17.8 Å². The minimum atomic E-state index is 0.0341. The van der Waals surface area contributed by atoms with Gasteiger partial charge in [-0.1, -0.05) is 0 Å². The van der Waals surface area contributed by atoms with Crippen molar-refractivity contribution in [1.29, 1.82) is 0 Å². The quantitative estimate of drug-likeness (QED) is 0.683. The molecule has 4 nitrogen and oxygen atoms in total. The van der Waals surface area contributed by atoms with E-state index in [4.69, 9.17) is 15.9 Å². The molecular formula is C13H13N3O. The fraction of sp³-hybridized carbons (Fsp3) is 0.154. The molecule has 0 spiro atoms. The first-order chi connectivity index (χ1) is 8.22. The van der Waals surface area contributed by atoms with E-state index in [1.807, 2.05) is 36.4 Å². The van der Waals surface area contributed by atoms with Crippen molar-refractivity contribution in [2.75, 3.05) is 5.73 Å². The SMILES string of the molecule is Nc1ccc(-c2nc3c(o2)=CCC(N)C=3)cc1. The second-order valence-electron chi connectivity index (χ2n) is 4.16. The van der Waals surface area contributed by atoms with Gasteiger partial charge in [0, 0.05) is 17.3 Å². The molecule has 0 aliphatic heterocycles. The van der Waals surface area contributed by atoms with E-state index in [2.05, 4.69) is 4.98 Å². The minimum Gasteiger partial charge on any atom is -0.436 e. The summed E-state index contributed by atoms with van der Waals surface area (Å²) in [5, 5.41) is 0.829. The molecule has 0 bridgehead atoms. The smallest absolute Gasteiger partial charge is 0.227 e. The Balaban J connectivity index is 2.12. The summed E-state index contributed by atoms with van der Waals surface area (Å²) in [5.41, 5.74) is 13.9. The van der Waals surface area contributed by atoms with E-state index in [0.29, 0.717) is 5.89 Å². The minimum absolute atomic E-state index is 0.0341. The van der Waals surface area contributed by atoms with E-state index in [-0.39, 0.29) is 6.04 Å². The van der Waals surface area contributed by atoms with Crippen LogP contribution >= 0.6 is 0 Å². The average molecular weight is 227 g/mol. The maximum Gasteiger partial charge on any atom is 0.227 e. The Morgan fingerprint density at radius 1 is 1.24 bits per heavy atom. The van der Waals surface area contributed by atoms with Gasteiger partial charge in [-0.2, -0.15) is 0 Å². The Kier molecular flexibility index (Phi) is 2.23. The third-order valence-corrected chi connectivity index (χ3v) is 2.79. The summed E-state index contributed by atoms with van der Waals surface area (Å²) in [6, 6.07) is 7.49. The predicted molar refractivity (Wildman–Crippen MR) is 67.1 cm³/mol. The number of hydrogen-bond acceptors (Lipinski definition) is 4. The monoisotopic (exact) mass is 227 g/mol. The van der Waals surface area contributed by atoms with Crippen LogP contribution in [0.15, 0.2) is 28.7 Å². The Morgan fingerprint density at radius 3 is 2.76 bits per heavy atom. The van der Waals surface area contributed by atoms with Gasteiger partial charge in [0.15, 0.2) is 5.42 Å². The molecule has 1 unspecified atom stereocenters. The number of nitrogens with zero attached hydrogens (tertiary/aromatic N) is 1. The lowest BCUT2D eigenvalue weighted by Gasteiger charge is -2.01. The van der Waals surface area contributed by atoms with Crippen molar-refractivity contribution < 1.29 is 4.42 Å². The Hall–Kier alpha value is -2.07. The molecule has 1 aliphatic rings. The Morgan fingerprint density at radius 2 is 2.00 bits per heavy atom. The van der Waals surface area contributed by atoms with Crippen molar-refractivity contribution in [2.24, 2.45) is 5.73 Å². The summed E-state index contributed by atoms with van der Waals surface area (Å²) < 4.78 is 5.69. The van der Waals surface area contributed by atoms with Gasteiger partial charge in [-0.25, -0.2) is 4.98 Å². The molecule has 1 aromatic carbocycles. The number of hydrogen-bond donors (Lipinski definition) is 2. The molecule has 0 fully saturated rings. The fourth-order valence-electron chi connectivity index (χ4n) is 1.87. The number of anilines is 1. The standard InChI is InChI=1S/C13H13N3O/c14-9-3-1-8(2-4-9)13-16-11-7-10(15)5-6-12(11)17-13/h1-4,6-7,10H,5,14-15H2. The molecule has 0 radical (unpaired) electrons. The summed E-state index contributed by atoms with van der Waals surface area (Å²) >= 11 is 0. The first-order valence-electron chi connectivity index (χ1n) is 5.53. The third kappa shape index (κ3) is 1.83. The summed E-state index contributed by atoms with van der Waals surface area (Å²) in [6.07, 6.45) is 4.71. The predicted octanol–water partition coefficient (Wildman–Crippen LogP) is 0.216. The van der Waals surface area contributed by atoms with E-state index in [0.717, 1.165) is 28.4 Å². The summed E-state index contributed by atoms with van der Waals surface area (Å²) in [6.45, 7) is 0. The van der Waals surface area contributed by atoms with Gasteiger partial charge in [-0.3, -0.25) is 0 Å². The van der Waals surface area contributed by atoms with Crippen LogP contribution in [-0.2, 0) is 0 Å². The van der Waals surface area contributed by atoms with Gasteiger partial charge >= 0.3 is 0 Å². The molecular weight excluding hydrogens is 214 g/mol. The zero-order valence-electron chi connectivity index (χ0n) is 9.26. The van der Waals surface area contributed by atoms with Crippen LogP contribution in [0.25, 0.3) is 23.6 Å². The van der Waals surface area contributed by atoms with Gasteiger partial charge in [0.25, 0.3) is 0 Å². The van der Waals surface area contributed by atoms with E-state index in [1.165, 1.54) is 0 Å². The highest BCUT2D eigenvalue weighted by Crippen LogP contribution is 2.16.